The van der Waals surface area contributed by atoms with Crippen LogP contribution in [0.2, 0.25) is 0 Å². The van der Waals surface area contributed by atoms with E-state index >= 15 is 0 Å². The maximum atomic E-state index is 5.83. The lowest BCUT2D eigenvalue weighted by Crippen LogP contribution is -2.19. The van der Waals surface area contributed by atoms with Crippen molar-refractivity contribution in [3.8, 4) is 11.5 Å². The molecular formula is C15H20BrCl2NO2. The highest BCUT2D eigenvalue weighted by atomic mass is 79.9. The zero-order valence-electron chi connectivity index (χ0n) is 12.4. The highest BCUT2D eigenvalue weighted by Gasteiger charge is 2.12. The van der Waals surface area contributed by atoms with Crippen LogP contribution >= 0.6 is 39.1 Å². The molecule has 0 aromatic heterocycles. The number of rotatable bonds is 8. The van der Waals surface area contributed by atoms with Gasteiger partial charge in [-0.3, -0.25) is 0 Å². The molecule has 0 bridgehead atoms. The monoisotopic (exact) mass is 395 g/mol. The fourth-order valence-electron chi connectivity index (χ4n) is 1.69. The van der Waals surface area contributed by atoms with Crippen molar-refractivity contribution in [3.63, 3.8) is 0 Å². The number of hydrogen-bond donors (Lipinski definition) is 1. The minimum atomic E-state index is 0.199. The van der Waals surface area contributed by atoms with E-state index in [0.717, 1.165) is 23.1 Å². The van der Waals surface area contributed by atoms with Gasteiger partial charge >= 0.3 is 0 Å². The molecule has 0 unspecified atom stereocenters. The van der Waals surface area contributed by atoms with Gasteiger partial charge in [-0.25, -0.2) is 0 Å². The summed E-state index contributed by atoms with van der Waals surface area (Å²) in [5.74, 6) is 1.88. The number of nitrogens with one attached hydrogen (secondary N) is 1. The Morgan fingerprint density at radius 1 is 1.43 bits per heavy atom. The summed E-state index contributed by atoms with van der Waals surface area (Å²) in [4.78, 5) is 0. The number of methoxy groups -OCH3 is 1. The van der Waals surface area contributed by atoms with Crippen LogP contribution in [0.15, 0.2) is 27.2 Å². The Hall–Kier alpha value is -0.420. The Labute approximate surface area is 144 Å². The van der Waals surface area contributed by atoms with Crippen LogP contribution in [0, 0.1) is 5.92 Å². The van der Waals surface area contributed by atoms with Gasteiger partial charge in [0.1, 0.15) is 6.61 Å². The number of hydrogen-bond acceptors (Lipinski definition) is 3. The third-order valence-corrected chi connectivity index (χ3v) is 3.83. The molecule has 0 saturated heterocycles. The van der Waals surface area contributed by atoms with Crippen molar-refractivity contribution >= 4 is 39.1 Å². The summed E-state index contributed by atoms with van der Waals surface area (Å²) in [5.41, 5.74) is 2.40. The van der Waals surface area contributed by atoms with Gasteiger partial charge in [-0.1, -0.05) is 37.0 Å². The maximum absolute atomic E-state index is 5.83. The quantitative estimate of drug-likeness (QED) is 0.677. The lowest BCUT2D eigenvalue weighted by Gasteiger charge is -2.15. The highest BCUT2D eigenvalue weighted by molar-refractivity contribution is 9.10. The van der Waals surface area contributed by atoms with E-state index < -0.39 is 0 Å². The van der Waals surface area contributed by atoms with Crippen LogP contribution in [0.3, 0.4) is 0 Å². The molecule has 21 heavy (non-hydrogen) atoms. The largest absolute Gasteiger partial charge is 0.493 e. The van der Waals surface area contributed by atoms with Gasteiger partial charge in [-0.2, -0.15) is 0 Å². The van der Waals surface area contributed by atoms with Gasteiger partial charge < -0.3 is 14.8 Å². The third kappa shape index (κ3) is 6.47. The van der Waals surface area contributed by atoms with E-state index in [4.69, 9.17) is 32.7 Å². The summed E-state index contributed by atoms with van der Waals surface area (Å²) in [6.45, 7) is 6.29. The van der Waals surface area contributed by atoms with E-state index in [1.54, 1.807) is 7.11 Å². The van der Waals surface area contributed by atoms with Crippen molar-refractivity contribution < 1.29 is 9.47 Å². The van der Waals surface area contributed by atoms with E-state index in [1.165, 1.54) is 5.54 Å². The molecule has 118 valence electrons. The molecule has 1 aromatic carbocycles. The Balaban J connectivity index is 2.81. The van der Waals surface area contributed by atoms with Crippen LogP contribution < -0.4 is 14.8 Å². The van der Waals surface area contributed by atoms with Crippen molar-refractivity contribution in [2.24, 2.45) is 5.92 Å². The second kappa shape index (κ2) is 9.57. The van der Waals surface area contributed by atoms with E-state index in [-0.39, 0.29) is 6.61 Å². The van der Waals surface area contributed by atoms with Crippen LogP contribution in [0.1, 0.15) is 19.4 Å². The van der Waals surface area contributed by atoms with Crippen molar-refractivity contribution in [2.75, 3.05) is 20.3 Å². The zero-order chi connectivity index (χ0) is 15.8. The van der Waals surface area contributed by atoms with Crippen molar-refractivity contribution in [1.29, 1.82) is 0 Å². The highest BCUT2D eigenvalue weighted by Crippen LogP contribution is 2.37. The molecule has 0 aliphatic heterocycles. The molecule has 0 radical (unpaired) electrons. The molecular weight excluding hydrogens is 377 g/mol. The normalized spacial score (nSPS) is 11.9. The Bertz CT molecular complexity index is 493. The average molecular weight is 397 g/mol. The van der Waals surface area contributed by atoms with Gasteiger partial charge in [0.25, 0.3) is 0 Å². The third-order valence-electron chi connectivity index (χ3n) is 2.64. The number of halogens is 3. The molecule has 0 aliphatic carbocycles. The van der Waals surface area contributed by atoms with Crippen molar-refractivity contribution in [2.45, 2.75) is 20.4 Å². The molecule has 0 heterocycles. The standard InChI is InChI=1S/C15H20BrCl2NO2/c1-10(2)7-19-8-11-4-13(16)15(14(5-11)20-3)21-9-12(18)6-17/h4-6,10,19H,7-9H2,1-3H3. The summed E-state index contributed by atoms with van der Waals surface area (Å²) < 4.78 is 11.8. The van der Waals surface area contributed by atoms with Crippen molar-refractivity contribution in [1.82, 2.24) is 5.32 Å². The molecule has 3 nitrogen and oxygen atoms in total. The second-order valence-corrected chi connectivity index (χ2v) is 6.54. The summed E-state index contributed by atoms with van der Waals surface area (Å²) in [6.07, 6.45) is 0. The Morgan fingerprint density at radius 3 is 2.71 bits per heavy atom. The van der Waals surface area contributed by atoms with Gasteiger partial charge in [0, 0.05) is 12.1 Å². The molecule has 0 atom stereocenters. The summed E-state index contributed by atoms with van der Waals surface area (Å²) in [5, 5.41) is 3.82. The van der Waals surface area contributed by atoms with Gasteiger partial charge in [0.2, 0.25) is 0 Å². The molecule has 0 amide bonds. The molecule has 0 saturated carbocycles. The SMILES string of the molecule is COc1cc(CNCC(C)C)cc(Br)c1OCC(Cl)=CCl. The smallest absolute Gasteiger partial charge is 0.175 e. The molecule has 0 spiro atoms. The first-order valence-corrected chi connectivity index (χ1v) is 8.23. The van der Waals surface area contributed by atoms with Crippen LogP contribution in [0.25, 0.3) is 0 Å². The second-order valence-electron chi connectivity index (χ2n) is 4.98. The van der Waals surface area contributed by atoms with Crippen LogP contribution in [-0.4, -0.2) is 20.3 Å². The van der Waals surface area contributed by atoms with Crippen LogP contribution in [0.5, 0.6) is 11.5 Å². The van der Waals surface area contributed by atoms with E-state index in [1.807, 2.05) is 12.1 Å². The summed E-state index contributed by atoms with van der Waals surface area (Å²) in [7, 11) is 1.61. The lowest BCUT2D eigenvalue weighted by molar-refractivity contribution is 0.321. The molecule has 1 N–H and O–H groups in total. The fraction of sp³-hybridized carbons (Fsp3) is 0.467. The van der Waals surface area contributed by atoms with Gasteiger partial charge in [-0.15, -0.1) is 0 Å². The first-order valence-electron chi connectivity index (χ1n) is 6.62. The Kier molecular flexibility index (Phi) is 8.49. The van der Waals surface area contributed by atoms with Crippen LogP contribution in [0.4, 0.5) is 0 Å². The molecule has 1 aromatic rings. The summed E-state index contributed by atoms with van der Waals surface area (Å²) >= 11 is 14.8. The van der Waals surface area contributed by atoms with Crippen molar-refractivity contribution in [3.05, 3.63) is 32.7 Å². The molecule has 0 aliphatic rings. The molecule has 6 heteroatoms. The predicted octanol–water partition coefficient (Wildman–Crippen LogP) is 4.90. The predicted molar refractivity (Wildman–Crippen MR) is 92.5 cm³/mol. The van der Waals surface area contributed by atoms with Gasteiger partial charge in [0.05, 0.1) is 16.6 Å². The zero-order valence-corrected chi connectivity index (χ0v) is 15.5. The average Bonchev–Trinajstić information content (AvgIpc) is 2.44. The number of benzene rings is 1. The number of ether oxygens (including phenoxy) is 2. The van der Waals surface area contributed by atoms with E-state index in [2.05, 4.69) is 35.1 Å². The van der Waals surface area contributed by atoms with E-state index in [0.29, 0.717) is 22.4 Å². The van der Waals surface area contributed by atoms with E-state index in [9.17, 15) is 0 Å². The Morgan fingerprint density at radius 2 is 2.14 bits per heavy atom. The molecule has 1 rings (SSSR count). The van der Waals surface area contributed by atoms with Gasteiger partial charge in [0.15, 0.2) is 11.5 Å². The molecule has 0 fully saturated rings. The van der Waals surface area contributed by atoms with Gasteiger partial charge in [-0.05, 0) is 46.1 Å². The first kappa shape index (κ1) is 18.6. The minimum Gasteiger partial charge on any atom is -0.493 e. The lowest BCUT2D eigenvalue weighted by atomic mass is 10.2. The summed E-state index contributed by atoms with van der Waals surface area (Å²) in [6, 6.07) is 3.95. The topological polar surface area (TPSA) is 30.5 Å². The minimum absolute atomic E-state index is 0.199. The maximum Gasteiger partial charge on any atom is 0.175 e. The first-order chi connectivity index (χ1) is 9.97. The van der Waals surface area contributed by atoms with Crippen LogP contribution in [-0.2, 0) is 6.54 Å². The fourth-order valence-corrected chi connectivity index (χ4v) is 2.41.